The van der Waals surface area contributed by atoms with Crippen molar-refractivity contribution in [2.45, 2.75) is 33.3 Å². The number of hydrogen-bond acceptors (Lipinski definition) is 8. The summed E-state index contributed by atoms with van der Waals surface area (Å²) in [5.41, 5.74) is -0.892. The number of nitro groups is 1. The van der Waals surface area contributed by atoms with E-state index in [-0.39, 0.29) is 24.0 Å². The Hall–Kier alpha value is -3.30. The van der Waals surface area contributed by atoms with Gasteiger partial charge in [-0.25, -0.2) is 9.37 Å². The molecular formula is C18H21FN4O5. The average molecular weight is 392 g/mol. The summed E-state index contributed by atoms with van der Waals surface area (Å²) in [5, 5.41) is 11.6. The molecule has 150 valence electrons. The van der Waals surface area contributed by atoms with Crippen molar-refractivity contribution in [3.8, 4) is 11.6 Å². The second kappa shape index (κ2) is 8.15. The first-order chi connectivity index (χ1) is 13.0. The molecule has 2 rings (SSSR count). The minimum absolute atomic E-state index is 0.111. The number of esters is 1. The van der Waals surface area contributed by atoms with Gasteiger partial charge in [0.25, 0.3) is 0 Å². The molecule has 9 nitrogen and oxygen atoms in total. The van der Waals surface area contributed by atoms with Gasteiger partial charge < -0.3 is 14.4 Å². The third-order valence-corrected chi connectivity index (χ3v) is 3.44. The van der Waals surface area contributed by atoms with Gasteiger partial charge in [-0.2, -0.15) is 4.98 Å². The van der Waals surface area contributed by atoms with Crippen molar-refractivity contribution < 1.29 is 23.6 Å². The molecular weight excluding hydrogens is 371 g/mol. The van der Waals surface area contributed by atoms with E-state index >= 15 is 0 Å². The van der Waals surface area contributed by atoms with Crippen molar-refractivity contribution >= 4 is 17.5 Å². The van der Waals surface area contributed by atoms with Crippen molar-refractivity contribution in [2.75, 3.05) is 18.5 Å². The van der Waals surface area contributed by atoms with Gasteiger partial charge in [0.1, 0.15) is 30.0 Å². The molecule has 0 N–H and O–H groups in total. The number of carbonyl (C=O) groups is 1. The monoisotopic (exact) mass is 392 g/mol. The fraction of sp³-hybridized carbons (Fsp3) is 0.389. The molecule has 0 spiro atoms. The number of aromatic nitrogens is 2. The molecule has 2 aromatic rings. The van der Waals surface area contributed by atoms with Crippen LogP contribution >= 0.6 is 0 Å². The molecule has 0 aliphatic carbocycles. The highest BCUT2D eigenvalue weighted by Crippen LogP contribution is 2.35. The van der Waals surface area contributed by atoms with Crippen LogP contribution in [0.3, 0.4) is 0 Å². The minimum atomic E-state index is -0.702. The Bertz CT molecular complexity index is 898. The second-order valence-corrected chi connectivity index (χ2v) is 7.06. The Morgan fingerprint density at radius 2 is 2.00 bits per heavy atom. The largest absolute Gasteiger partial charge is 0.459 e. The molecule has 28 heavy (non-hydrogen) atoms. The zero-order valence-electron chi connectivity index (χ0n) is 16.2. The predicted octanol–water partition coefficient (Wildman–Crippen LogP) is 3.40. The highest BCUT2D eigenvalue weighted by Gasteiger charge is 2.29. The van der Waals surface area contributed by atoms with Crippen LogP contribution in [0, 0.1) is 22.9 Å². The van der Waals surface area contributed by atoms with Crippen LogP contribution in [0.1, 0.15) is 26.3 Å². The maximum absolute atomic E-state index is 13.4. The zero-order valence-corrected chi connectivity index (χ0v) is 16.2. The number of anilines is 1. The van der Waals surface area contributed by atoms with E-state index in [1.54, 1.807) is 20.8 Å². The maximum atomic E-state index is 13.4. The number of benzene rings is 1. The lowest BCUT2D eigenvalue weighted by Crippen LogP contribution is -2.33. The fourth-order valence-corrected chi connectivity index (χ4v) is 2.30. The van der Waals surface area contributed by atoms with E-state index in [1.165, 1.54) is 37.1 Å². The topological polar surface area (TPSA) is 108 Å². The molecule has 1 aromatic heterocycles. The molecule has 0 atom stereocenters. The van der Waals surface area contributed by atoms with Crippen molar-refractivity contribution in [1.29, 1.82) is 0 Å². The molecule has 0 saturated heterocycles. The number of halogens is 1. The van der Waals surface area contributed by atoms with Gasteiger partial charge in [0.2, 0.25) is 5.82 Å². The van der Waals surface area contributed by atoms with Crippen molar-refractivity contribution in [1.82, 2.24) is 9.97 Å². The van der Waals surface area contributed by atoms with E-state index in [0.29, 0.717) is 5.56 Å². The average Bonchev–Trinajstić information content (AvgIpc) is 2.56. The number of hydrogen-bond donors (Lipinski definition) is 0. The number of likely N-dealkylation sites (N-methyl/N-ethyl adjacent to an activating group) is 1. The molecule has 0 aliphatic heterocycles. The molecule has 0 saturated carbocycles. The van der Waals surface area contributed by atoms with Gasteiger partial charge in [0.05, 0.1) is 4.92 Å². The fourth-order valence-electron chi connectivity index (χ4n) is 2.30. The SMILES string of the molecule is Cc1cc(Oc2ncnc(N(C)CC(=O)OC(C)(C)C)c2[N+](=O)[O-])ccc1F. The molecule has 0 radical (unpaired) electrons. The molecule has 0 unspecified atom stereocenters. The van der Waals surface area contributed by atoms with E-state index in [9.17, 15) is 19.3 Å². The van der Waals surface area contributed by atoms with Crippen LogP contribution < -0.4 is 9.64 Å². The number of aryl methyl sites for hydroxylation is 1. The summed E-state index contributed by atoms with van der Waals surface area (Å²) in [4.78, 5) is 31.9. The summed E-state index contributed by atoms with van der Waals surface area (Å²) < 4.78 is 24.1. The molecule has 10 heteroatoms. The van der Waals surface area contributed by atoms with Gasteiger partial charge in [-0.3, -0.25) is 14.9 Å². The van der Waals surface area contributed by atoms with Crippen LogP contribution in [0.15, 0.2) is 24.5 Å². The summed E-state index contributed by atoms with van der Waals surface area (Å²) >= 11 is 0. The van der Waals surface area contributed by atoms with Gasteiger partial charge in [-0.05, 0) is 51.5 Å². The van der Waals surface area contributed by atoms with E-state index < -0.39 is 28.0 Å². The van der Waals surface area contributed by atoms with Gasteiger partial charge in [0.15, 0.2) is 0 Å². The molecule has 0 fully saturated rings. The summed E-state index contributed by atoms with van der Waals surface area (Å²) in [6, 6.07) is 3.91. The molecule has 0 aliphatic rings. The quantitative estimate of drug-likeness (QED) is 0.418. The number of ether oxygens (including phenoxy) is 2. The van der Waals surface area contributed by atoms with Crippen LogP contribution in [0.5, 0.6) is 11.6 Å². The third kappa shape index (κ3) is 5.35. The van der Waals surface area contributed by atoms with Crippen LogP contribution in [-0.4, -0.2) is 40.1 Å². The summed E-state index contributed by atoms with van der Waals surface area (Å²) in [7, 11) is 1.46. The highest BCUT2D eigenvalue weighted by molar-refractivity contribution is 5.77. The van der Waals surface area contributed by atoms with Gasteiger partial charge in [-0.1, -0.05) is 0 Å². The Labute approximate surface area is 161 Å². The first-order valence-electron chi connectivity index (χ1n) is 8.34. The van der Waals surface area contributed by atoms with E-state index in [1.807, 2.05) is 0 Å². The van der Waals surface area contributed by atoms with E-state index in [2.05, 4.69) is 9.97 Å². The molecule has 0 amide bonds. The Morgan fingerprint density at radius 3 is 2.57 bits per heavy atom. The first kappa shape index (κ1) is 21.0. The van der Waals surface area contributed by atoms with Crippen LogP contribution in [0.2, 0.25) is 0 Å². The lowest BCUT2D eigenvalue weighted by Gasteiger charge is -2.23. The summed E-state index contributed by atoms with van der Waals surface area (Å²) in [6.07, 6.45) is 1.08. The number of carbonyl (C=O) groups excluding carboxylic acids is 1. The maximum Gasteiger partial charge on any atom is 0.373 e. The van der Waals surface area contributed by atoms with Crippen LogP contribution in [-0.2, 0) is 9.53 Å². The predicted molar refractivity (Wildman–Crippen MR) is 99.0 cm³/mol. The minimum Gasteiger partial charge on any atom is -0.459 e. The molecule has 0 bridgehead atoms. The van der Waals surface area contributed by atoms with Gasteiger partial charge >= 0.3 is 17.5 Å². The van der Waals surface area contributed by atoms with E-state index in [0.717, 1.165) is 6.33 Å². The molecule has 1 aromatic carbocycles. The van der Waals surface area contributed by atoms with Crippen LogP contribution in [0.4, 0.5) is 15.9 Å². The van der Waals surface area contributed by atoms with Crippen molar-refractivity contribution in [3.63, 3.8) is 0 Å². The van der Waals surface area contributed by atoms with Crippen molar-refractivity contribution in [2.24, 2.45) is 0 Å². The number of rotatable bonds is 6. The summed E-state index contributed by atoms with van der Waals surface area (Å²) in [6.45, 7) is 6.43. The summed E-state index contributed by atoms with van der Waals surface area (Å²) in [5.74, 6) is -1.25. The first-order valence-corrected chi connectivity index (χ1v) is 8.34. The smallest absolute Gasteiger partial charge is 0.373 e. The van der Waals surface area contributed by atoms with Gasteiger partial charge in [-0.15, -0.1) is 0 Å². The molecule has 1 heterocycles. The third-order valence-electron chi connectivity index (χ3n) is 3.44. The lowest BCUT2D eigenvalue weighted by molar-refractivity contribution is -0.385. The van der Waals surface area contributed by atoms with Crippen molar-refractivity contribution in [3.05, 3.63) is 46.0 Å². The Balaban J connectivity index is 2.33. The van der Waals surface area contributed by atoms with Gasteiger partial charge in [0, 0.05) is 7.05 Å². The normalized spacial score (nSPS) is 11.1. The second-order valence-electron chi connectivity index (χ2n) is 7.06. The lowest BCUT2D eigenvalue weighted by atomic mass is 10.2. The Morgan fingerprint density at radius 1 is 1.32 bits per heavy atom. The zero-order chi connectivity index (χ0) is 21.1. The highest BCUT2D eigenvalue weighted by atomic mass is 19.1. The standard InChI is InChI=1S/C18H21FN4O5/c1-11-8-12(6-7-13(11)19)27-17-15(23(25)26)16(20-10-21-17)22(5)9-14(24)28-18(2,3)4/h6-8,10H,9H2,1-5H3. The van der Waals surface area contributed by atoms with E-state index in [4.69, 9.17) is 9.47 Å². The van der Waals surface area contributed by atoms with Crippen LogP contribution in [0.25, 0.3) is 0 Å². The Kier molecular flexibility index (Phi) is 6.12. The number of nitrogens with zero attached hydrogens (tertiary/aromatic N) is 4.